The van der Waals surface area contributed by atoms with Crippen LogP contribution in [-0.4, -0.2) is 46.9 Å². The molecule has 5 rings (SSSR count). The summed E-state index contributed by atoms with van der Waals surface area (Å²) in [7, 11) is 0. The quantitative estimate of drug-likeness (QED) is 0.526. The standard InChI is InChI=1S/C27H19F3N6O2/c28-27(29,30)21-6-1-19(2-7-21)14-36-24(37)15-35(22-8-3-18(11-31)4-9-22)25(38)26(36)16-34(17-26)23-10-5-20(12-32)13-33-23/h1-10,13H,14-17H2. The van der Waals surface area contributed by atoms with Gasteiger partial charge in [-0.2, -0.15) is 23.7 Å². The van der Waals surface area contributed by atoms with Gasteiger partial charge in [0.2, 0.25) is 5.91 Å². The van der Waals surface area contributed by atoms with E-state index in [1.165, 1.54) is 28.1 Å². The Hall–Kier alpha value is -4.90. The summed E-state index contributed by atoms with van der Waals surface area (Å²) in [5, 5.41) is 18.1. The van der Waals surface area contributed by atoms with E-state index in [9.17, 15) is 22.8 Å². The fourth-order valence-electron chi connectivity index (χ4n) is 4.74. The Morgan fingerprint density at radius 1 is 0.895 bits per heavy atom. The van der Waals surface area contributed by atoms with Crippen molar-refractivity contribution in [2.45, 2.75) is 18.3 Å². The van der Waals surface area contributed by atoms with Gasteiger partial charge in [-0.05, 0) is 54.1 Å². The van der Waals surface area contributed by atoms with Gasteiger partial charge in [-0.1, -0.05) is 12.1 Å². The van der Waals surface area contributed by atoms with Crippen LogP contribution in [0.2, 0.25) is 0 Å². The van der Waals surface area contributed by atoms with Crippen molar-refractivity contribution < 1.29 is 22.8 Å². The summed E-state index contributed by atoms with van der Waals surface area (Å²) in [5.41, 5.74) is -0.368. The topological polar surface area (TPSA) is 104 Å². The van der Waals surface area contributed by atoms with Crippen LogP contribution in [-0.2, 0) is 22.3 Å². The van der Waals surface area contributed by atoms with Gasteiger partial charge in [-0.3, -0.25) is 9.59 Å². The molecule has 2 aliphatic heterocycles. The zero-order valence-electron chi connectivity index (χ0n) is 19.8. The van der Waals surface area contributed by atoms with Crippen molar-refractivity contribution in [1.82, 2.24) is 9.88 Å². The van der Waals surface area contributed by atoms with Gasteiger partial charge in [-0.25, -0.2) is 4.98 Å². The van der Waals surface area contributed by atoms with Crippen molar-refractivity contribution in [3.8, 4) is 12.1 Å². The summed E-state index contributed by atoms with van der Waals surface area (Å²) in [4.78, 5) is 36.2. The third-order valence-corrected chi connectivity index (χ3v) is 6.79. The summed E-state index contributed by atoms with van der Waals surface area (Å²) in [5.74, 6) is -0.167. The van der Waals surface area contributed by atoms with E-state index in [1.54, 1.807) is 41.3 Å². The van der Waals surface area contributed by atoms with Gasteiger partial charge in [0.05, 0.1) is 35.8 Å². The lowest BCUT2D eigenvalue weighted by atomic mass is 9.83. The highest BCUT2D eigenvalue weighted by atomic mass is 19.4. The predicted molar refractivity (Wildman–Crippen MR) is 129 cm³/mol. The highest BCUT2D eigenvalue weighted by molar-refractivity contribution is 6.10. The summed E-state index contributed by atoms with van der Waals surface area (Å²) in [6.07, 6.45) is -3.07. The van der Waals surface area contributed by atoms with Gasteiger partial charge in [0.15, 0.2) is 5.54 Å². The van der Waals surface area contributed by atoms with Crippen LogP contribution in [0, 0.1) is 22.7 Å². The largest absolute Gasteiger partial charge is 0.416 e. The van der Waals surface area contributed by atoms with E-state index >= 15 is 0 Å². The molecule has 0 bridgehead atoms. The van der Waals surface area contributed by atoms with Crippen LogP contribution in [0.15, 0.2) is 66.9 Å². The minimum absolute atomic E-state index is 0.0431. The smallest absolute Gasteiger partial charge is 0.351 e. The Balaban J connectivity index is 1.46. The van der Waals surface area contributed by atoms with Crippen molar-refractivity contribution in [3.63, 3.8) is 0 Å². The lowest BCUT2D eigenvalue weighted by Gasteiger charge is -2.58. The number of amides is 2. The molecule has 11 heteroatoms. The van der Waals surface area contributed by atoms with Crippen LogP contribution in [0.25, 0.3) is 0 Å². The Labute approximate surface area is 215 Å². The second-order valence-electron chi connectivity index (χ2n) is 9.13. The number of hydrogen-bond donors (Lipinski definition) is 0. The highest BCUT2D eigenvalue weighted by Crippen LogP contribution is 2.39. The first-order valence-corrected chi connectivity index (χ1v) is 11.5. The third-order valence-electron chi connectivity index (χ3n) is 6.79. The molecule has 1 spiro atoms. The molecule has 2 saturated heterocycles. The molecule has 2 aromatic carbocycles. The molecule has 0 N–H and O–H groups in total. The van der Waals surface area contributed by atoms with E-state index in [2.05, 4.69) is 4.98 Å². The van der Waals surface area contributed by atoms with E-state index in [1.807, 2.05) is 12.1 Å². The number of nitrogens with zero attached hydrogens (tertiary/aromatic N) is 6. The number of hydrogen-bond acceptors (Lipinski definition) is 6. The number of nitriles is 2. The molecule has 0 saturated carbocycles. The molecule has 3 heterocycles. The minimum Gasteiger partial charge on any atom is -0.351 e. The Morgan fingerprint density at radius 2 is 1.53 bits per heavy atom. The number of piperazine rings is 1. The number of benzene rings is 2. The Kier molecular flexibility index (Phi) is 6.00. The summed E-state index contributed by atoms with van der Waals surface area (Å²) >= 11 is 0. The molecule has 0 aliphatic carbocycles. The van der Waals surface area contributed by atoms with Gasteiger partial charge < -0.3 is 14.7 Å². The number of halogens is 3. The number of anilines is 2. The van der Waals surface area contributed by atoms with E-state index < -0.39 is 17.3 Å². The van der Waals surface area contributed by atoms with E-state index in [0.717, 1.165) is 12.1 Å². The minimum atomic E-state index is -4.49. The van der Waals surface area contributed by atoms with Gasteiger partial charge in [0, 0.05) is 18.4 Å². The molecule has 2 aliphatic rings. The fraction of sp³-hybridized carbons (Fsp3) is 0.222. The first-order valence-electron chi connectivity index (χ1n) is 11.5. The van der Waals surface area contributed by atoms with E-state index in [0.29, 0.717) is 28.2 Å². The zero-order valence-corrected chi connectivity index (χ0v) is 19.8. The maximum Gasteiger partial charge on any atom is 0.416 e. The molecule has 190 valence electrons. The van der Waals surface area contributed by atoms with Crippen molar-refractivity contribution in [1.29, 1.82) is 10.5 Å². The molecular formula is C27H19F3N6O2. The number of pyridine rings is 1. The number of carbonyl (C=O) groups excluding carboxylic acids is 2. The van der Waals surface area contributed by atoms with Gasteiger partial charge in [-0.15, -0.1) is 0 Å². The van der Waals surface area contributed by atoms with Crippen molar-refractivity contribution in [2.24, 2.45) is 0 Å². The van der Waals surface area contributed by atoms with Crippen LogP contribution < -0.4 is 9.80 Å². The number of aromatic nitrogens is 1. The van der Waals surface area contributed by atoms with Crippen molar-refractivity contribution in [3.05, 3.63) is 89.1 Å². The normalized spacial score (nSPS) is 16.7. The molecule has 2 amide bonds. The van der Waals surface area contributed by atoms with Crippen LogP contribution >= 0.6 is 0 Å². The molecule has 3 aromatic rings. The first-order chi connectivity index (χ1) is 18.1. The predicted octanol–water partition coefficient (Wildman–Crippen LogP) is 3.48. The molecule has 2 fully saturated rings. The van der Waals surface area contributed by atoms with Gasteiger partial charge in [0.25, 0.3) is 5.91 Å². The average molecular weight is 516 g/mol. The molecule has 8 nitrogen and oxygen atoms in total. The highest BCUT2D eigenvalue weighted by Gasteiger charge is 2.60. The molecule has 0 atom stereocenters. The second kappa shape index (κ2) is 9.20. The number of carbonyl (C=O) groups is 2. The second-order valence-corrected chi connectivity index (χ2v) is 9.13. The monoisotopic (exact) mass is 516 g/mol. The number of rotatable bonds is 4. The molecule has 0 unspecified atom stereocenters. The third kappa shape index (κ3) is 4.28. The van der Waals surface area contributed by atoms with Crippen molar-refractivity contribution in [2.75, 3.05) is 29.4 Å². The van der Waals surface area contributed by atoms with Crippen LogP contribution in [0.3, 0.4) is 0 Å². The summed E-state index contributed by atoms with van der Waals surface area (Å²) in [6.45, 7) is -0.0609. The molecule has 1 aromatic heterocycles. The molecule has 38 heavy (non-hydrogen) atoms. The van der Waals surface area contributed by atoms with E-state index in [4.69, 9.17) is 10.5 Å². The molecular weight excluding hydrogens is 497 g/mol. The van der Waals surface area contributed by atoms with Gasteiger partial charge in [0.1, 0.15) is 18.4 Å². The lowest BCUT2D eigenvalue weighted by molar-refractivity contribution is -0.153. The van der Waals surface area contributed by atoms with E-state index in [-0.39, 0.29) is 38.0 Å². The van der Waals surface area contributed by atoms with Gasteiger partial charge >= 0.3 is 6.18 Å². The van der Waals surface area contributed by atoms with Crippen molar-refractivity contribution >= 4 is 23.3 Å². The number of alkyl halides is 3. The maximum atomic E-state index is 13.9. The fourth-order valence-corrected chi connectivity index (χ4v) is 4.74. The molecule has 0 radical (unpaired) electrons. The lowest BCUT2D eigenvalue weighted by Crippen LogP contribution is -2.81. The SMILES string of the molecule is N#Cc1ccc(N2CC(=O)N(Cc3ccc(C(F)(F)F)cc3)C3(CN(c4ccc(C#N)cn4)C3)C2=O)cc1. The van der Waals surface area contributed by atoms with Crippen LogP contribution in [0.5, 0.6) is 0 Å². The Bertz CT molecular complexity index is 1470. The Morgan fingerprint density at radius 3 is 2.08 bits per heavy atom. The summed E-state index contributed by atoms with van der Waals surface area (Å²) < 4.78 is 39.1. The maximum absolute atomic E-state index is 13.9. The summed E-state index contributed by atoms with van der Waals surface area (Å²) in [6, 6.07) is 18.1. The van der Waals surface area contributed by atoms with Crippen LogP contribution in [0.4, 0.5) is 24.7 Å². The average Bonchev–Trinajstić information content (AvgIpc) is 2.90. The van der Waals surface area contributed by atoms with Crippen LogP contribution in [0.1, 0.15) is 22.3 Å². The first kappa shape index (κ1) is 24.8. The zero-order chi connectivity index (χ0) is 27.1.